The molecule has 3 N–H and O–H groups in total. The van der Waals surface area contributed by atoms with Crippen molar-refractivity contribution in [1.29, 1.82) is 0 Å². The lowest BCUT2D eigenvalue weighted by atomic mass is 9.98. The van der Waals surface area contributed by atoms with Gasteiger partial charge in [-0.2, -0.15) is 4.98 Å². The maximum atomic E-state index is 15.5. The first kappa shape index (κ1) is 30.9. The molecule has 1 aliphatic heterocycles. The zero-order valence-electron chi connectivity index (χ0n) is 21.4. The highest BCUT2D eigenvalue weighted by molar-refractivity contribution is 8.07. The monoisotopic (exact) mass is 637 g/mol. The van der Waals surface area contributed by atoms with Crippen molar-refractivity contribution < 1.29 is 46.1 Å². The average Bonchev–Trinajstić information content (AvgIpc) is 3.21. The summed E-state index contributed by atoms with van der Waals surface area (Å²) in [6.45, 7) is -5.28. The fourth-order valence-electron chi connectivity index (χ4n) is 3.79. The number of hydrogen-bond donors (Lipinski definition) is 2. The van der Waals surface area contributed by atoms with Crippen LogP contribution in [0, 0.1) is 0 Å². The first-order chi connectivity index (χ1) is 19.4. The Morgan fingerprint density at radius 3 is 2.05 bits per heavy atom. The molecule has 2 heterocycles. The highest BCUT2D eigenvalue weighted by atomic mass is 35.5. The summed E-state index contributed by atoms with van der Waals surface area (Å²) in [6, 6.07) is 12.1. The molecule has 0 amide bonds. The van der Waals surface area contributed by atoms with Crippen molar-refractivity contribution in [3.05, 3.63) is 70.2 Å². The van der Waals surface area contributed by atoms with Crippen molar-refractivity contribution in [3.8, 4) is 23.0 Å². The molecule has 1 aromatic heterocycles. The fourth-order valence-corrected chi connectivity index (χ4v) is 5.87. The van der Waals surface area contributed by atoms with Crippen LogP contribution in [0.4, 0.5) is 19.0 Å². The maximum Gasteiger partial charge on any atom is 0.435 e. The number of halogens is 4. The number of benzene rings is 2. The van der Waals surface area contributed by atoms with Gasteiger partial charge in [-0.1, -0.05) is 11.6 Å². The number of nitrogen functional groups attached to an aromatic ring is 1. The smallest absolute Gasteiger partial charge is 0.435 e. The molecule has 0 bridgehead atoms. The molecule has 4 atom stereocenters. The summed E-state index contributed by atoms with van der Waals surface area (Å²) < 4.78 is 77.7. The van der Waals surface area contributed by atoms with Gasteiger partial charge >= 0.3 is 12.4 Å². The van der Waals surface area contributed by atoms with Gasteiger partial charge in [0.1, 0.15) is 34.9 Å². The van der Waals surface area contributed by atoms with Crippen LogP contribution in [-0.2, 0) is 21.1 Å². The third-order valence-electron chi connectivity index (χ3n) is 5.98. The molecular formula is C24H24ClF3N3O8PS. The second-order valence-corrected chi connectivity index (χ2v) is 11.8. The van der Waals surface area contributed by atoms with Gasteiger partial charge < -0.3 is 34.1 Å². The van der Waals surface area contributed by atoms with Gasteiger partial charge in [0.2, 0.25) is 0 Å². The van der Waals surface area contributed by atoms with E-state index < -0.39 is 49.5 Å². The average molecular weight is 638 g/mol. The van der Waals surface area contributed by atoms with Crippen LogP contribution in [0.3, 0.4) is 0 Å². The zero-order chi connectivity index (χ0) is 29.9. The lowest BCUT2D eigenvalue weighted by molar-refractivity contribution is -0.183. The van der Waals surface area contributed by atoms with Gasteiger partial charge in [-0.05, 0) is 48.5 Å². The van der Waals surface area contributed by atoms with Crippen LogP contribution < -0.4 is 29.9 Å². The van der Waals surface area contributed by atoms with Crippen molar-refractivity contribution >= 4 is 35.9 Å². The quantitative estimate of drug-likeness (QED) is 0.294. The van der Waals surface area contributed by atoms with Crippen molar-refractivity contribution in [2.24, 2.45) is 0 Å². The van der Waals surface area contributed by atoms with E-state index in [1.54, 1.807) is 24.3 Å². The zero-order valence-corrected chi connectivity index (χ0v) is 23.8. The second kappa shape index (κ2) is 12.4. The number of aromatic nitrogens is 2. The number of methoxy groups -OCH3 is 2. The summed E-state index contributed by atoms with van der Waals surface area (Å²) >= 11 is 11.4. The van der Waals surface area contributed by atoms with Crippen LogP contribution in [-0.4, -0.2) is 59.8 Å². The van der Waals surface area contributed by atoms with Gasteiger partial charge in [-0.15, -0.1) is 0 Å². The van der Waals surface area contributed by atoms with Crippen molar-refractivity contribution in [1.82, 2.24) is 9.55 Å². The van der Waals surface area contributed by atoms with Crippen molar-refractivity contribution in [2.45, 2.75) is 30.5 Å². The highest BCUT2D eigenvalue weighted by Crippen LogP contribution is 2.53. The first-order valence-electron chi connectivity index (χ1n) is 11.7. The van der Waals surface area contributed by atoms with E-state index in [4.69, 9.17) is 56.9 Å². The Morgan fingerprint density at radius 2 is 1.59 bits per heavy atom. The lowest BCUT2D eigenvalue weighted by Gasteiger charge is -2.32. The summed E-state index contributed by atoms with van der Waals surface area (Å²) in [5, 5.41) is 10.3. The highest BCUT2D eigenvalue weighted by Gasteiger charge is 2.63. The van der Waals surface area contributed by atoms with E-state index in [1.807, 2.05) is 0 Å². The Kier molecular flexibility index (Phi) is 9.36. The molecule has 1 saturated heterocycles. The lowest BCUT2D eigenvalue weighted by Crippen LogP contribution is -2.50. The molecule has 0 aliphatic carbocycles. The minimum atomic E-state index is -4.04. The van der Waals surface area contributed by atoms with Gasteiger partial charge in [0.15, 0.2) is 18.0 Å². The summed E-state index contributed by atoms with van der Waals surface area (Å²) in [6.07, 6.45) is -9.66. The number of alkyl halides is 3. The van der Waals surface area contributed by atoms with Gasteiger partial charge in [0, 0.05) is 18.0 Å². The molecule has 4 rings (SSSR count). The first-order valence-corrected chi connectivity index (χ1v) is 14.6. The number of aliphatic hydroxyl groups is 1. The Balaban J connectivity index is 1.65. The van der Waals surface area contributed by atoms with Crippen LogP contribution in [0.25, 0.3) is 0 Å². The number of rotatable bonds is 11. The van der Waals surface area contributed by atoms with Crippen LogP contribution in [0.15, 0.2) is 59.5 Å². The number of hydrogen-bond acceptors (Lipinski definition) is 11. The molecule has 0 radical (unpaired) electrons. The summed E-state index contributed by atoms with van der Waals surface area (Å²) in [7, 11) is 2.91. The van der Waals surface area contributed by atoms with Gasteiger partial charge in [0.05, 0.1) is 25.8 Å². The van der Waals surface area contributed by atoms with E-state index >= 15 is 4.39 Å². The molecular weight excluding hydrogens is 614 g/mol. The van der Waals surface area contributed by atoms with E-state index in [0.29, 0.717) is 16.1 Å². The van der Waals surface area contributed by atoms with Gasteiger partial charge in [-0.25, -0.2) is 18.0 Å². The number of aliphatic hydroxyl groups excluding tert-OH is 1. The topological polar surface area (TPSA) is 137 Å². The Morgan fingerprint density at radius 1 is 1.10 bits per heavy atom. The number of nitrogens with two attached hydrogens (primary N) is 1. The second-order valence-electron chi connectivity index (χ2n) is 8.57. The van der Waals surface area contributed by atoms with E-state index in [1.165, 1.54) is 38.5 Å². The molecule has 222 valence electrons. The summed E-state index contributed by atoms with van der Waals surface area (Å²) in [5.41, 5.74) is 1.26. The molecule has 2 aromatic carbocycles. The Bertz CT molecular complexity index is 1420. The van der Waals surface area contributed by atoms with Crippen LogP contribution in [0.1, 0.15) is 6.23 Å². The minimum absolute atomic E-state index is 0.130. The number of anilines is 1. The van der Waals surface area contributed by atoms with Crippen LogP contribution >= 0.6 is 18.3 Å². The molecule has 0 unspecified atom stereocenters. The summed E-state index contributed by atoms with van der Waals surface area (Å²) in [4.78, 5) is 15.8. The SMILES string of the molecule is COc1ccc(OP(=S)(OC[C@@]2(C(F)F)O[C@@H](n3cc(Cl)c(N)nc3=O)[C@H](O)[C@H]2F)Oc2ccc(OC)cc2)cc1. The van der Waals surface area contributed by atoms with Crippen LogP contribution in [0.5, 0.6) is 23.0 Å². The van der Waals surface area contributed by atoms with Gasteiger partial charge in [0.25, 0.3) is 6.43 Å². The van der Waals surface area contributed by atoms with Crippen molar-refractivity contribution in [3.63, 3.8) is 0 Å². The predicted octanol–water partition coefficient (Wildman–Crippen LogP) is 4.13. The molecule has 3 aromatic rings. The molecule has 17 heteroatoms. The Labute approximate surface area is 241 Å². The number of nitrogens with zero attached hydrogens (tertiary/aromatic N) is 2. The standard InChI is InChI=1S/C24H24ClF3N3O8PS/c1-34-13-3-7-15(8-4-13)38-40(41,39-16-9-5-14(35-2)6-10-16)36-12-24(22(27)28)19(26)18(32)21(37-24)31-11-17(25)20(29)30-23(31)33/h3-11,18-19,21-22,32H,12H2,1-2H3,(H2,29,30,33)/t18-,19-,21-,24-/m1/s1. The van der Waals surface area contributed by atoms with E-state index in [9.17, 15) is 18.7 Å². The van der Waals surface area contributed by atoms with E-state index in [2.05, 4.69) is 4.98 Å². The van der Waals surface area contributed by atoms with Crippen LogP contribution in [0.2, 0.25) is 5.02 Å². The van der Waals surface area contributed by atoms with Gasteiger partial charge in [-0.3, -0.25) is 9.09 Å². The normalized spacial score (nSPS) is 22.5. The fraction of sp³-hybridized carbons (Fsp3) is 0.333. The molecule has 0 spiro atoms. The van der Waals surface area contributed by atoms with E-state index in [-0.39, 0.29) is 22.3 Å². The Hall–Kier alpha value is -3.07. The number of ether oxygens (including phenoxy) is 3. The largest absolute Gasteiger partial charge is 0.497 e. The van der Waals surface area contributed by atoms with Crippen molar-refractivity contribution in [2.75, 3.05) is 26.6 Å². The van der Waals surface area contributed by atoms with E-state index in [0.717, 1.165) is 6.20 Å². The molecule has 1 fully saturated rings. The molecule has 11 nitrogen and oxygen atoms in total. The third kappa shape index (κ3) is 6.55. The maximum absolute atomic E-state index is 15.5. The molecule has 41 heavy (non-hydrogen) atoms. The molecule has 1 aliphatic rings. The predicted molar refractivity (Wildman–Crippen MR) is 145 cm³/mol. The third-order valence-corrected chi connectivity index (χ3v) is 8.35. The minimum Gasteiger partial charge on any atom is -0.497 e. The summed E-state index contributed by atoms with van der Waals surface area (Å²) in [5.74, 6) is 0.889. The molecule has 0 saturated carbocycles.